The number of amides is 1. The molecule has 0 fully saturated rings. The van der Waals surface area contributed by atoms with Gasteiger partial charge in [-0.15, -0.1) is 10.2 Å². The summed E-state index contributed by atoms with van der Waals surface area (Å²) < 4.78 is 7.22. The minimum atomic E-state index is -0.224. The number of aromatic nitrogens is 3. The lowest BCUT2D eigenvalue weighted by atomic mass is 10.2. The van der Waals surface area contributed by atoms with Gasteiger partial charge < -0.3 is 4.74 Å². The number of nitrogens with zero attached hydrogens (tertiary/aromatic N) is 4. The molecule has 1 amide bonds. The van der Waals surface area contributed by atoms with Crippen LogP contribution in [-0.4, -0.2) is 39.7 Å². The highest BCUT2D eigenvalue weighted by molar-refractivity contribution is 7.99. The van der Waals surface area contributed by atoms with Gasteiger partial charge in [-0.3, -0.25) is 9.36 Å². The Morgan fingerprint density at radius 3 is 2.50 bits per heavy atom. The maximum absolute atomic E-state index is 12.4. The van der Waals surface area contributed by atoms with Crippen LogP contribution in [0.1, 0.15) is 16.7 Å². The van der Waals surface area contributed by atoms with Gasteiger partial charge in [-0.2, -0.15) is 5.10 Å². The highest BCUT2D eigenvalue weighted by atomic mass is 32.2. The molecule has 0 saturated carbocycles. The molecule has 0 aliphatic carbocycles. The fraction of sp³-hybridized carbons (Fsp3) is 0.154. The van der Waals surface area contributed by atoms with E-state index in [1.54, 1.807) is 13.3 Å². The van der Waals surface area contributed by atoms with Crippen molar-refractivity contribution in [2.45, 2.75) is 19.0 Å². The number of rotatable bonds is 8. The molecule has 1 N–H and O–H groups in total. The molecule has 0 atom stereocenters. The molecule has 0 saturated heterocycles. The summed E-state index contributed by atoms with van der Waals surface area (Å²) in [6.07, 6.45) is 1.63. The molecule has 8 heteroatoms. The number of aryl methyl sites for hydroxylation is 2. The smallest absolute Gasteiger partial charge is 0.250 e. The van der Waals surface area contributed by atoms with Crippen LogP contribution in [0.4, 0.5) is 0 Å². The number of carbonyl (C=O) groups excluding carboxylic acids is 1. The molecule has 1 aromatic heterocycles. The van der Waals surface area contributed by atoms with Gasteiger partial charge in [0.1, 0.15) is 5.75 Å². The molecule has 0 radical (unpaired) electrons. The second-order valence-electron chi connectivity index (χ2n) is 7.70. The molecule has 172 valence electrons. The van der Waals surface area contributed by atoms with Crippen molar-refractivity contribution < 1.29 is 9.53 Å². The number of ether oxygens (including phenoxy) is 1. The van der Waals surface area contributed by atoms with Crippen LogP contribution >= 0.6 is 11.8 Å². The first kappa shape index (κ1) is 23.3. The fourth-order valence-electron chi connectivity index (χ4n) is 3.31. The van der Waals surface area contributed by atoms with Crippen molar-refractivity contribution in [1.29, 1.82) is 0 Å². The zero-order valence-electron chi connectivity index (χ0n) is 19.2. The van der Waals surface area contributed by atoms with Crippen molar-refractivity contribution in [3.63, 3.8) is 0 Å². The van der Waals surface area contributed by atoms with Gasteiger partial charge >= 0.3 is 0 Å². The predicted octanol–water partition coefficient (Wildman–Crippen LogP) is 4.80. The average molecular weight is 472 g/mol. The molecule has 7 nitrogen and oxygen atoms in total. The standard InChI is InChI=1S/C26H25N5O2S/c1-18-7-11-22(12-8-18)31-25(21-9-13-23(33-3)14-10-21)29-30-26(31)34-17-24(32)28-27-16-20-6-4-5-19(2)15-20/h4-16H,17H2,1-3H3,(H,28,32)/b27-16+. The lowest BCUT2D eigenvalue weighted by Crippen LogP contribution is -2.20. The Kier molecular flexibility index (Phi) is 7.39. The number of benzene rings is 3. The lowest BCUT2D eigenvalue weighted by molar-refractivity contribution is -0.118. The summed E-state index contributed by atoms with van der Waals surface area (Å²) in [5.74, 6) is 1.38. The van der Waals surface area contributed by atoms with E-state index in [1.807, 2.05) is 91.2 Å². The van der Waals surface area contributed by atoms with Crippen LogP contribution in [0.3, 0.4) is 0 Å². The summed E-state index contributed by atoms with van der Waals surface area (Å²) in [4.78, 5) is 12.4. The van der Waals surface area contributed by atoms with Crippen molar-refractivity contribution in [3.05, 3.63) is 89.5 Å². The topological polar surface area (TPSA) is 81.4 Å². The van der Waals surface area contributed by atoms with Crippen LogP contribution in [0, 0.1) is 13.8 Å². The Bertz CT molecular complexity index is 1300. The van der Waals surface area contributed by atoms with Gasteiger partial charge in [-0.05, 0) is 55.8 Å². The molecular weight excluding hydrogens is 446 g/mol. The van der Waals surface area contributed by atoms with Gasteiger partial charge in [0.2, 0.25) is 0 Å². The van der Waals surface area contributed by atoms with E-state index in [4.69, 9.17) is 4.74 Å². The van der Waals surface area contributed by atoms with E-state index < -0.39 is 0 Å². The average Bonchev–Trinajstić information content (AvgIpc) is 3.27. The van der Waals surface area contributed by atoms with E-state index in [1.165, 1.54) is 11.8 Å². The number of hydrogen-bond acceptors (Lipinski definition) is 6. The molecule has 1 heterocycles. The van der Waals surface area contributed by atoms with Gasteiger partial charge in [0.25, 0.3) is 5.91 Å². The number of thioether (sulfide) groups is 1. The van der Waals surface area contributed by atoms with Crippen molar-refractivity contribution in [1.82, 2.24) is 20.2 Å². The number of hydrazone groups is 1. The Labute approximate surface area is 202 Å². The highest BCUT2D eigenvalue weighted by Crippen LogP contribution is 2.29. The van der Waals surface area contributed by atoms with Crippen molar-refractivity contribution in [2.24, 2.45) is 5.10 Å². The minimum Gasteiger partial charge on any atom is -0.497 e. The zero-order chi connectivity index (χ0) is 23.9. The molecule has 0 spiro atoms. The van der Waals surface area contributed by atoms with Crippen LogP contribution in [0.15, 0.2) is 83.1 Å². The Hall–Kier alpha value is -3.91. The van der Waals surface area contributed by atoms with Crippen LogP contribution in [0.25, 0.3) is 17.1 Å². The van der Waals surface area contributed by atoms with E-state index >= 15 is 0 Å². The Morgan fingerprint density at radius 1 is 1.03 bits per heavy atom. The Balaban J connectivity index is 1.52. The van der Waals surface area contributed by atoms with Crippen molar-refractivity contribution in [2.75, 3.05) is 12.9 Å². The molecule has 3 aromatic carbocycles. The minimum absolute atomic E-state index is 0.151. The monoisotopic (exact) mass is 471 g/mol. The first-order chi connectivity index (χ1) is 16.5. The third-order valence-corrected chi connectivity index (χ3v) is 5.98. The van der Waals surface area contributed by atoms with Crippen LogP contribution < -0.4 is 10.2 Å². The summed E-state index contributed by atoms with van der Waals surface area (Å²) in [7, 11) is 1.63. The molecule has 0 unspecified atom stereocenters. The number of nitrogens with one attached hydrogen (secondary N) is 1. The molecule has 0 aliphatic heterocycles. The van der Waals surface area contributed by atoms with E-state index in [2.05, 4.69) is 20.7 Å². The third-order valence-electron chi connectivity index (χ3n) is 5.05. The van der Waals surface area contributed by atoms with Gasteiger partial charge in [0, 0.05) is 11.3 Å². The normalized spacial score (nSPS) is 11.0. The SMILES string of the molecule is COc1ccc(-c2nnc(SCC(=O)N/N=C/c3cccc(C)c3)n2-c2ccc(C)cc2)cc1. The largest absolute Gasteiger partial charge is 0.497 e. The maximum atomic E-state index is 12.4. The number of hydrogen-bond donors (Lipinski definition) is 1. The van der Waals surface area contributed by atoms with Gasteiger partial charge in [0.15, 0.2) is 11.0 Å². The predicted molar refractivity (Wildman–Crippen MR) is 136 cm³/mol. The fourth-order valence-corrected chi connectivity index (χ4v) is 4.05. The van der Waals surface area contributed by atoms with E-state index in [-0.39, 0.29) is 11.7 Å². The zero-order valence-corrected chi connectivity index (χ0v) is 20.0. The van der Waals surface area contributed by atoms with E-state index in [0.29, 0.717) is 11.0 Å². The summed E-state index contributed by atoms with van der Waals surface area (Å²) in [5.41, 5.74) is 7.61. The molecule has 34 heavy (non-hydrogen) atoms. The van der Waals surface area contributed by atoms with Gasteiger partial charge in [-0.25, -0.2) is 5.43 Å². The van der Waals surface area contributed by atoms with Crippen molar-refractivity contribution in [3.8, 4) is 22.8 Å². The van der Waals surface area contributed by atoms with Crippen LogP contribution in [0.5, 0.6) is 5.75 Å². The molecule has 4 aromatic rings. The molecule has 4 rings (SSSR count). The first-order valence-corrected chi connectivity index (χ1v) is 11.7. The lowest BCUT2D eigenvalue weighted by Gasteiger charge is -2.11. The van der Waals surface area contributed by atoms with Crippen LogP contribution in [-0.2, 0) is 4.79 Å². The highest BCUT2D eigenvalue weighted by Gasteiger charge is 2.17. The summed E-state index contributed by atoms with van der Waals surface area (Å²) >= 11 is 1.30. The Morgan fingerprint density at radius 2 is 1.79 bits per heavy atom. The van der Waals surface area contributed by atoms with E-state index in [0.717, 1.165) is 33.7 Å². The van der Waals surface area contributed by atoms with Gasteiger partial charge in [0.05, 0.1) is 19.1 Å². The molecular formula is C26H25N5O2S. The van der Waals surface area contributed by atoms with E-state index in [9.17, 15) is 4.79 Å². The summed E-state index contributed by atoms with van der Waals surface area (Å²) in [6.45, 7) is 4.05. The second kappa shape index (κ2) is 10.8. The van der Waals surface area contributed by atoms with Gasteiger partial charge in [-0.1, -0.05) is 59.3 Å². The second-order valence-corrected chi connectivity index (χ2v) is 8.64. The maximum Gasteiger partial charge on any atom is 0.250 e. The number of carbonyl (C=O) groups is 1. The quantitative estimate of drug-likeness (QED) is 0.227. The molecule has 0 aliphatic rings. The molecule has 0 bridgehead atoms. The summed E-state index contributed by atoms with van der Waals surface area (Å²) in [5, 5.41) is 13.5. The first-order valence-electron chi connectivity index (χ1n) is 10.7. The number of methoxy groups -OCH3 is 1. The third kappa shape index (κ3) is 5.71. The summed E-state index contributed by atoms with van der Waals surface area (Å²) in [6, 6.07) is 23.6. The van der Waals surface area contributed by atoms with Crippen LogP contribution in [0.2, 0.25) is 0 Å². The van der Waals surface area contributed by atoms with Crippen molar-refractivity contribution >= 4 is 23.9 Å².